The predicted molar refractivity (Wildman–Crippen MR) is 92.9 cm³/mol. The second-order valence-corrected chi connectivity index (χ2v) is 5.77. The van der Waals surface area contributed by atoms with Crippen molar-refractivity contribution in [1.29, 1.82) is 0 Å². The van der Waals surface area contributed by atoms with Crippen LogP contribution in [0.4, 0.5) is 4.39 Å². The van der Waals surface area contributed by atoms with Crippen LogP contribution in [-0.4, -0.2) is 29.7 Å². The summed E-state index contributed by atoms with van der Waals surface area (Å²) in [4.78, 5) is 15.1. The summed E-state index contributed by atoms with van der Waals surface area (Å²) < 4.78 is 18.4. The summed E-state index contributed by atoms with van der Waals surface area (Å²) in [5, 5.41) is 13.5. The lowest BCUT2D eigenvalue weighted by Gasteiger charge is -2.12. The van der Waals surface area contributed by atoms with Gasteiger partial charge in [0.25, 0.3) is 0 Å². The van der Waals surface area contributed by atoms with Gasteiger partial charge in [-0.1, -0.05) is 12.1 Å². The number of fused-ring (bicyclic) bond motifs is 1. The molecular weight excluding hydrogens is 323 g/mol. The van der Waals surface area contributed by atoms with Crippen molar-refractivity contribution in [2.75, 3.05) is 13.7 Å². The molecule has 0 aliphatic heterocycles. The van der Waals surface area contributed by atoms with E-state index < -0.39 is 6.10 Å². The van der Waals surface area contributed by atoms with Crippen molar-refractivity contribution in [3.8, 4) is 5.75 Å². The number of halogens is 1. The van der Waals surface area contributed by atoms with Gasteiger partial charge in [0.05, 0.1) is 19.6 Å². The summed E-state index contributed by atoms with van der Waals surface area (Å²) >= 11 is 0. The summed E-state index contributed by atoms with van der Waals surface area (Å²) in [6.07, 6.45) is 0.998. The zero-order valence-corrected chi connectivity index (χ0v) is 13.8. The number of carbonyl (C=O) groups excluding carboxylic acids is 1. The number of amides is 1. The van der Waals surface area contributed by atoms with E-state index in [1.54, 1.807) is 43.6 Å². The Labute approximate surface area is 144 Å². The molecule has 0 fully saturated rings. The average Bonchev–Trinajstić information content (AvgIpc) is 3.01. The molecule has 0 spiro atoms. The molecule has 1 heterocycles. The van der Waals surface area contributed by atoms with Gasteiger partial charge in [-0.15, -0.1) is 0 Å². The summed E-state index contributed by atoms with van der Waals surface area (Å²) in [6, 6.07) is 11.4. The third-order valence-corrected chi connectivity index (χ3v) is 4.07. The zero-order chi connectivity index (χ0) is 17.8. The Bertz CT molecular complexity index is 874. The fourth-order valence-corrected chi connectivity index (χ4v) is 2.69. The quantitative estimate of drug-likeness (QED) is 0.645. The van der Waals surface area contributed by atoms with Crippen molar-refractivity contribution >= 4 is 16.8 Å². The summed E-state index contributed by atoms with van der Waals surface area (Å²) in [7, 11) is 1.57. The van der Waals surface area contributed by atoms with Gasteiger partial charge in [0.1, 0.15) is 11.6 Å². The summed E-state index contributed by atoms with van der Waals surface area (Å²) in [5.74, 6) is 0.118. The number of ether oxygens (including phenoxy) is 1. The Morgan fingerprint density at radius 3 is 2.76 bits per heavy atom. The number of carbonyl (C=O) groups is 1. The molecule has 130 valence electrons. The van der Waals surface area contributed by atoms with Gasteiger partial charge in [-0.3, -0.25) is 4.79 Å². The Morgan fingerprint density at radius 2 is 2.04 bits per heavy atom. The highest BCUT2D eigenvalue weighted by Gasteiger charge is 2.12. The van der Waals surface area contributed by atoms with Crippen LogP contribution in [0.15, 0.2) is 48.7 Å². The number of aliphatic hydroxyl groups is 1. The Kier molecular flexibility index (Phi) is 5.00. The van der Waals surface area contributed by atoms with Crippen molar-refractivity contribution in [3.05, 3.63) is 65.6 Å². The second kappa shape index (κ2) is 7.36. The molecule has 5 nitrogen and oxygen atoms in total. The first-order valence-corrected chi connectivity index (χ1v) is 7.91. The average molecular weight is 342 g/mol. The summed E-state index contributed by atoms with van der Waals surface area (Å²) in [5.41, 5.74) is 2.18. The molecule has 0 saturated heterocycles. The minimum atomic E-state index is -0.810. The number of hydrogen-bond acceptors (Lipinski definition) is 3. The van der Waals surface area contributed by atoms with Gasteiger partial charge in [-0.05, 0) is 41.5 Å². The van der Waals surface area contributed by atoms with Gasteiger partial charge in [-0.25, -0.2) is 4.39 Å². The van der Waals surface area contributed by atoms with Crippen molar-refractivity contribution in [3.63, 3.8) is 0 Å². The monoisotopic (exact) mass is 342 g/mol. The van der Waals surface area contributed by atoms with Crippen molar-refractivity contribution in [1.82, 2.24) is 10.3 Å². The maximum Gasteiger partial charge on any atom is 0.224 e. The van der Waals surface area contributed by atoms with Gasteiger partial charge in [0, 0.05) is 23.6 Å². The van der Waals surface area contributed by atoms with Crippen molar-refractivity contribution in [2.24, 2.45) is 0 Å². The smallest absolute Gasteiger partial charge is 0.224 e. The molecule has 0 aliphatic rings. The van der Waals surface area contributed by atoms with Gasteiger partial charge in [0.15, 0.2) is 0 Å². The molecule has 3 aromatic rings. The molecule has 1 amide bonds. The largest absolute Gasteiger partial charge is 0.497 e. The number of aromatic nitrogens is 1. The number of methoxy groups -OCH3 is 1. The predicted octanol–water partition coefficient (Wildman–Crippen LogP) is 2.71. The molecule has 0 radical (unpaired) electrons. The lowest BCUT2D eigenvalue weighted by molar-refractivity contribution is -0.120. The highest BCUT2D eigenvalue weighted by molar-refractivity contribution is 5.88. The highest BCUT2D eigenvalue weighted by atomic mass is 19.1. The summed E-state index contributed by atoms with van der Waals surface area (Å²) in [6.45, 7) is 0.0991. The van der Waals surface area contributed by atoms with Crippen LogP contribution in [0.1, 0.15) is 17.2 Å². The molecule has 1 unspecified atom stereocenters. The van der Waals surface area contributed by atoms with Crippen LogP contribution in [0.25, 0.3) is 10.9 Å². The standard InChI is InChI=1S/C19H19FN2O3/c1-25-15-5-2-12(3-6-15)18(23)11-22-19(24)8-13-10-21-17-7-4-14(20)9-16(13)17/h2-7,9-10,18,21,23H,8,11H2,1H3,(H,22,24). The minimum absolute atomic E-state index is 0.0991. The molecule has 0 aliphatic carbocycles. The molecule has 1 aromatic heterocycles. The minimum Gasteiger partial charge on any atom is -0.497 e. The van der Waals surface area contributed by atoms with Crippen LogP contribution in [0.3, 0.4) is 0 Å². The SMILES string of the molecule is COc1ccc(C(O)CNC(=O)Cc2c[nH]c3ccc(F)cc23)cc1. The maximum absolute atomic E-state index is 13.4. The topological polar surface area (TPSA) is 74.3 Å². The normalized spacial score (nSPS) is 12.1. The lowest BCUT2D eigenvalue weighted by atomic mass is 10.1. The second-order valence-electron chi connectivity index (χ2n) is 5.77. The molecule has 0 saturated carbocycles. The number of aromatic amines is 1. The van der Waals surface area contributed by atoms with Gasteiger partial charge in [-0.2, -0.15) is 0 Å². The third-order valence-electron chi connectivity index (χ3n) is 4.07. The van der Waals surface area contributed by atoms with Crippen LogP contribution in [0.2, 0.25) is 0 Å². The van der Waals surface area contributed by atoms with Gasteiger partial charge in [0.2, 0.25) is 5.91 Å². The van der Waals surface area contributed by atoms with E-state index in [0.717, 1.165) is 5.52 Å². The number of H-pyrrole nitrogens is 1. The Hall–Kier alpha value is -2.86. The fourth-order valence-electron chi connectivity index (χ4n) is 2.69. The molecule has 1 atom stereocenters. The number of nitrogens with one attached hydrogen (secondary N) is 2. The molecule has 2 aromatic carbocycles. The molecular formula is C19H19FN2O3. The van der Waals surface area contributed by atoms with Crippen LogP contribution < -0.4 is 10.1 Å². The zero-order valence-electron chi connectivity index (χ0n) is 13.8. The number of aliphatic hydroxyl groups excluding tert-OH is 1. The van der Waals surface area contributed by atoms with Crippen LogP contribution >= 0.6 is 0 Å². The molecule has 6 heteroatoms. The number of hydrogen-bond donors (Lipinski definition) is 3. The van der Waals surface area contributed by atoms with E-state index in [0.29, 0.717) is 22.3 Å². The first-order valence-electron chi connectivity index (χ1n) is 7.91. The van der Waals surface area contributed by atoms with Crippen LogP contribution in [0.5, 0.6) is 5.75 Å². The lowest BCUT2D eigenvalue weighted by Crippen LogP contribution is -2.29. The first kappa shape index (κ1) is 17.0. The Balaban J connectivity index is 1.59. The molecule has 3 N–H and O–H groups in total. The van der Waals surface area contributed by atoms with Crippen LogP contribution in [0, 0.1) is 5.82 Å². The van der Waals surface area contributed by atoms with E-state index in [2.05, 4.69) is 10.3 Å². The van der Waals surface area contributed by atoms with Gasteiger partial charge >= 0.3 is 0 Å². The highest BCUT2D eigenvalue weighted by Crippen LogP contribution is 2.20. The van der Waals surface area contributed by atoms with E-state index in [1.165, 1.54) is 12.1 Å². The van der Waals surface area contributed by atoms with E-state index >= 15 is 0 Å². The molecule has 25 heavy (non-hydrogen) atoms. The van der Waals surface area contributed by atoms with Crippen LogP contribution in [-0.2, 0) is 11.2 Å². The number of rotatable bonds is 6. The fraction of sp³-hybridized carbons (Fsp3) is 0.211. The molecule has 3 rings (SSSR count). The van der Waals surface area contributed by atoms with E-state index in [4.69, 9.17) is 4.74 Å². The van der Waals surface area contributed by atoms with E-state index in [-0.39, 0.29) is 24.7 Å². The van der Waals surface area contributed by atoms with E-state index in [9.17, 15) is 14.3 Å². The maximum atomic E-state index is 13.4. The number of benzene rings is 2. The third kappa shape index (κ3) is 3.97. The first-order chi connectivity index (χ1) is 12.1. The van der Waals surface area contributed by atoms with Crippen molar-refractivity contribution in [2.45, 2.75) is 12.5 Å². The van der Waals surface area contributed by atoms with Crippen molar-refractivity contribution < 1.29 is 19.0 Å². The molecule has 0 bridgehead atoms. The Morgan fingerprint density at radius 1 is 1.28 bits per heavy atom. The van der Waals surface area contributed by atoms with Gasteiger partial charge < -0.3 is 20.1 Å². The van der Waals surface area contributed by atoms with E-state index in [1.807, 2.05) is 0 Å².